The van der Waals surface area contributed by atoms with Gasteiger partial charge in [-0.15, -0.1) is 0 Å². The Labute approximate surface area is 104 Å². The summed E-state index contributed by atoms with van der Waals surface area (Å²) in [7, 11) is 0. The molecule has 2 saturated carbocycles. The molecule has 3 nitrogen and oxygen atoms in total. The molecule has 96 valence electrons. The molecule has 1 atom stereocenters. The van der Waals surface area contributed by atoms with Gasteiger partial charge in [0.15, 0.2) is 0 Å². The number of rotatable bonds is 4. The fourth-order valence-corrected chi connectivity index (χ4v) is 2.95. The van der Waals surface area contributed by atoms with Gasteiger partial charge in [0.25, 0.3) is 0 Å². The normalized spacial score (nSPS) is 33.5. The van der Waals surface area contributed by atoms with Gasteiger partial charge in [0, 0.05) is 19.1 Å². The van der Waals surface area contributed by atoms with Crippen LogP contribution in [0.25, 0.3) is 0 Å². The van der Waals surface area contributed by atoms with Crippen LogP contribution >= 0.6 is 0 Å². The Hall–Kier alpha value is -0.570. The zero-order valence-corrected chi connectivity index (χ0v) is 10.9. The van der Waals surface area contributed by atoms with Gasteiger partial charge in [-0.25, -0.2) is 0 Å². The maximum absolute atomic E-state index is 12.8. The zero-order valence-electron chi connectivity index (χ0n) is 10.9. The summed E-state index contributed by atoms with van der Waals surface area (Å²) in [6.45, 7) is 5.15. The smallest absolute Gasteiger partial charge is 0.230 e. The maximum atomic E-state index is 12.8. The Morgan fingerprint density at radius 2 is 2.12 bits per heavy atom. The van der Waals surface area contributed by atoms with E-state index in [2.05, 4.69) is 17.1 Å². The van der Waals surface area contributed by atoms with Crippen LogP contribution in [0.2, 0.25) is 0 Å². The van der Waals surface area contributed by atoms with E-state index in [1.165, 1.54) is 25.7 Å². The summed E-state index contributed by atoms with van der Waals surface area (Å²) in [5, 5.41) is 3.39. The molecule has 0 aromatic heterocycles. The highest BCUT2D eigenvalue weighted by atomic mass is 16.2. The largest absolute Gasteiger partial charge is 0.339 e. The van der Waals surface area contributed by atoms with Gasteiger partial charge in [0.05, 0.1) is 5.41 Å². The van der Waals surface area contributed by atoms with Gasteiger partial charge in [-0.1, -0.05) is 0 Å². The first kappa shape index (κ1) is 11.5. The topological polar surface area (TPSA) is 32.3 Å². The third-order valence-electron chi connectivity index (χ3n) is 4.51. The van der Waals surface area contributed by atoms with Crippen molar-refractivity contribution in [3.63, 3.8) is 0 Å². The molecule has 1 N–H and O–H groups in total. The first-order valence-electron chi connectivity index (χ1n) is 7.21. The number of piperidine rings is 1. The third kappa shape index (κ3) is 2.49. The lowest BCUT2D eigenvalue weighted by molar-refractivity contribution is -0.143. The lowest BCUT2D eigenvalue weighted by Gasteiger charge is -2.37. The highest BCUT2D eigenvalue weighted by Crippen LogP contribution is 2.38. The Balaban J connectivity index is 1.68. The predicted octanol–water partition coefficient (Wildman–Crippen LogP) is 1.78. The fourth-order valence-electron chi connectivity index (χ4n) is 2.95. The molecule has 0 spiro atoms. The van der Waals surface area contributed by atoms with Crippen LogP contribution in [0.1, 0.15) is 45.4 Å². The summed E-state index contributed by atoms with van der Waals surface area (Å²) >= 11 is 0. The Kier molecular flexibility index (Phi) is 2.89. The molecule has 1 unspecified atom stereocenters. The van der Waals surface area contributed by atoms with E-state index in [-0.39, 0.29) is 5.41 Å². The average Bonchev–Trinajstić information content (AvgIpc) is 3.17. The van der Waals surface area contributed by atoms with E-state index < -0.39 is 0 Å². The van der Waals surface area contributed by atoms with Gasteiger partial charge in [0.1, 0.15) is 0 Å². The Bertz CT molecular complexity index is 301. The maximum Gasteiger partial charge on any atom is 0.230 e. The molecule has 3 fully saturated rings. The molecule has 1 amide bonds. The number of amides is 1. The van der Waals surface area contributed by atoms with Crippen LogP contribution in [0, 0.1) is 11.3 Å². The molecule has 17 heavy (non-hydrogen) atoms. The van der Waals surface area contributed by atoms with Gasteiger partial charge in [-0.3, -0.25) is 4.79 Å². The molecule has 1 aliphatic heterocycles. The van der Waals surface area contributed by atoms with E-state index in [1.807, 2.05) is 0 Å². The van der Waals surface area contributed by atoms with Gasteiger partial charge in [-0.2, -0.15) is 0 Å². The minimum Gasteiger partial charge on any atom is -0.339 e. The van der Waals surface area contributed by atoms with Gasteiger partial charge in [0.2, 0.25) is 5.91 Å². The van der Waals surface area contributed by atoms with Crippen molar-refractivity contribution in [3.05, 3.63) is 0 Å². The SMILES string of the molecule is CC1(C(=O)N(CC2CC2)C2CC2)CCCNC1. The van der Waals surface area contributed by atoms with E-state index >= 15 is 0 Å². The van der Waals surface area contributed by atoms with E-state index in [4.69, 9.17) is 0 Å². The zero-order chi connectivity index (χ0) is 11.9. The molecular formula is C14H24N2O. The van der Waals surface area contributed by atoms with Gasteiger partial charge >= 0.3 is 0 Å². The van der Waals surface area contributed by atoms with Gasteiger partial charge in [-0.05, 0) is 57.9 Å². The minimum absolute atomic E-state index is 0.129. The summed E-state index contributed by atoms with van der Waals surface area (Å²) in [5.41, 5.74) is -0.129. The first-order valence-corrected chi connectivity index (χ1v) is 7.21. The average molecular weight is 236 g/mol. The van der Waals surface area contributed by atoms with Crippen molar-refractivity contribution in [1.29, 1.82) is 0 Å². The standard InChI is InChI=1S/C14H24N2O/c1-14(7-2-8-15-10-14)13(17)16(12-5-6-12)9-11-3-4-11/h11-12,15H,2-10H2,1H3. The highest BCUT2D eigenvalue weighted by Gasteiger charge is 2.44. The summed E-state index contributed by atoms with van der Waals surface area (Å²) in [4.78, 5) is 15.0. The first-order chi connectivity index (χ1) is 8.19. The van der Waals surface area contributed by atoms with E-state index in [0.29, 0.717) is 11.9 Å². The van der Waals surface area contributed by atoms with E-state index in [9.17, 15) is 4.79 Å². The van der Waals surface area contributed by atoms with Crippen molar-refractivity contribution in [2.24, 2.45) is 11.3 Å². The van der Waals surface area contributed by atoms with Crippen LogP contribution in [-0.2, 0) is 4.79 Å². The number of hydrogen-bond acceptors (Lipinski definition) is 2. The lowest BCUT2D eigenvalue weighted by Crippen LogP contribution is -2.51. The molecule has 0 aromatic rings. The fraction of sp³-hybridized carbons (Fsp3) is 0.929. The van der Waals surface area contributed by atoms with Crippen LogP contribution in [0.15, 0.2) is 0 Å². The Morgan fingerprint density at radius 1 is 1.35 bits per heavy atom. The summed E-state index contributed by atoms with van der Waals surface area (Å²) in [5.74, 6) is 1.25. The van der Waals surface area contributed by atoms with Crippen molar-refractivity contribution in [2.75, 3.05) is 19.6 Å². The molecule has 2 aliphatic carbocycles. The second kappa shape index (κ2) is 4.27. The molecule has 3 aliphatic rings. The Morgan fingerprint density at radius 3 is 2.65 bits per heavy atom. The number of carbonyl (C=O) groups is 1. The molecule has 0 aromatic carbocycles. The summed E-state index contributed by atoms with van der Waals surface area (Å²) < 4.78 is 0. The quantitative estimate of drug-likeness (QED) is 0.807. The highest BCUT2D eigenvalue weighted by molar-refractivity contribution is 5.83. The lowest BCUT2D eigenvalue weighted by atomic mass is 9.81. The molecular weight excluding hydrogens is 212 g/mol. The molecule has 1 saturated heterocycles. The predicted molar refractivity (Wildman–Crippen MR) is 67.7 cm³/mol. The number of nitrogens with zero attached hydrogens (tertiary/aromatic N) is 1. The molecule has 3 rings (SSSR count). The summed E-state index contributed by atoms with van der Waals surface area (Å²) in [6.07, 6.45) is 7.36. The summed E-state index contributed by atoms with van der Waals surface area (Å²) in [6, 6.07) is 0.585. The van der Waals surface area contributed by atoms with Crippen molar-refractivity contribution < 1.29 is 4.79 Å². The molecule has 0 radical (unpaired) electrons. The molecule has 3 heteroatoms. The monoisotopic (exact) mass is 236 g/mol. The molecule has 1 heterocycles. The third-order valence-corrected chi connectivity index (χ3v) is 4.51. The van der Waals surface area contributed by atoms with E-state index in [0.717, 1.165) is 38.4 Å². The van der Waals surface area contributed by atoms with Crippen molar-refractivity contribution >= 4 is 5.91 Å². The number of hydrogen-bond donors (Lipinski definition) is 1. The number of carbonyl (C=O) groups excluding carboxylic acids is 1. The second-order valence-corrected chi connectivity index (χ2v) is 6.47. The van der Waals surface area contributed by atoms with Crippen molar-refractivity contribution in [1.82, 2.24) is 10.2 Å². The number of nitrogens with one attached hydrogen (secondary N) is 1. The van der Waals surface area contributed by atoms with Gasteiger partial charge < -0.3 is 10.2 Å². The van der Waals surface area contributed by atoms with E-state index in [1.54, 1.807) is 0 Å². The molecule has 0 bridgehead atoms. The van der Waals surface area contributed by atoms with Crippen molar-refractivity contribution in [2.45, 2.75) is 51.5 Å². The van der Waals surface area contributed by atoms with Crippen LogP contribution in [-0.4, -0.2) is 36.5 Å². The van der Waals surface area contributed by atoms with Crippen LogP contribution in [0.4, 0.5) is 0 Å². The van der Waals surface area contributed by atoms with Crippen LogP contribution in [0.5, 0.6) is 0 Å². The van der Waals surface area contributed by atoms with Crippen LogP contribution in [0.3, 0.4) is 0 Å². The van der Waals surface area contributed by atoms with Crippen molar-refractivity contribution in [3.8, 4) is 0 Å². The second-order valence-electron chi connectivity index (χ2n) is 6.47. The minimum atomic E-state index is -0.129. The van der Waals surface area contributed by atoms with Crippen LogP contribution < -0.4 is 5.32 Å².